The number of rotatable bonds is 9. The summed E-state index contributed by atoms with van der Waals surface area (Å²) in [7, 11) is 1.64. The fourth-order valence-electron chi connectivity index (χ4n) is 1.94. The number of unbranched alkanes of at least 4 members (excludes halogenated alkanes) is 3. The van der Waals surface area contributed by atoms with Gasteiger partial charge in [-0.1, -0.05) is 44.4 Å². The fraction of sp³-hybridized carbons (Fsp3) is 0.412. The summed E-state index contributed by atoms with van der Waals surface area (Å²) >= 11 is 0. The van der Waals surface area contributed by atoms with E-state index in [0.717, 1.165) is 36.3 Å². The molecule has 1 rings (SSSR count). The number of hydrogen-bond acceptors (Lipinski definition) is 3. The minimum atomic E-state index is -0.649. The molecule has 0 radical (unpaired) electrons. The number of hydrazone groups is 1. The van der Waals surface area contributed by atoms with Crippen LogP contribution in [0, 0.1) is 0 Å². The molecular weight excluding hydrogens is 278 g/mol. The van der Waals surface area contributed by atoms with Crippen LogP contribution in [0.2, 0.25) is 0 Å². The lowest BCUT2D eigenvalue weighted by Gasteiger charge is -2.03. The van der Waals surface area contributed by atoms with E-state index in [-0.39, 0.29) is 0 Å². The molecule has 0 aromatic heterocycles. The van der Waals surface area contributed by atoms with Crippen LogP contribution < -0.4 is 15.9 Å². The zero-order chi connectivity index (χ0) is 16.2. The molecule has 0 fully saturated rings. The van der Waals surface area contributed by atoms with Gasteiger partial charge >= 0.3 is 6.03 Å². The highest BCUT2D eigenvalue weighted by atomic mass is 16.5. The Morgan fingerprint density at radius 3 is 2.59 bits per heavy atom. The molecule has 3 N–H and O–H groups in total. The predicted molar refractivity (Wildman–Crippen MR) is 90.9 cm³/mol. The summed E-state index contributed by atoms with van der Waals surface area (Å²) in [5, 5.41) is 4.05. The van der Waals surface area contributed by atoms with Gasteiger partial charge in [0, 0.05) is 0 Å². The normalized spacial score (nSPS) is 11.6. The molecule has 2 amide bonds. The van der Waals surface area contributed by atoms with Crippen molar-refractivity contribution in [3.8, 4) is 5.75 Å². The third kappa shape index (κ3) is 7.47. The minimum absolute atomic E-state index is 0.649. The number of benzene rings is 1. The van der Waals surface area contributed by atoms with E-state index in [2.05, 4.69) is 17.5 Å². The molecule has 0 spiro atoms. The number of carbonyl (C=O) groups is 1. The highest BCUT2D eigenvalue weighted by molar-refractivity contribution is 5.98. The quantitative estimate of drug-likeness (QED) is 0.414. The number of methoxy groups -OCH3 is 1. The number of carbonyl (C=O) groups excluding carboxylic acids is 1. The van der Waals surface area contributed by atoms with Gasteiger partial charge in [-0.2, -0.15) is 5.10 Å². The zero-order valence-electron chi connectivity index (χ0n) is 13.3. The molecule has 0 aliphatic carbocycles. The number of hydrogen-bond donors (Lipinski definition) is 2. The fourth-order valence-corrected chi connectivity index (χ4v) is 1.94. The third-order valence-corrected chi connectivity index (χ3v) is 3.18. The van der Waals surface area contributed by atoms with Crippen molar-refractivity contribution < 1.29 is 9.53 Å². The zero-order valence-corrected chi connectivity index (χ0v) is 13.3. The van der Waals surface area contributed by atoms with Crippen LogP contribution in [0.3, 0.4) is 0 Å². The predicted octanol–water partition coefficient (Wildman–Crippen LogP) is 3.70. The maximum atomic E-state index is 10.8. The van der Waals surface area contributed by atoms with Crippen molar-refractivity contribution in [2.75, 3.05) is 7.11 Å². The minimum Gasteiger partial charge on any atom is -0.497 e. The molecule has 1 aromatic rings. The Labute approximate surface area is 132 Å². The number of ether oxygens (including phenoxy) is 1. The molecule has 0 heterocycles. The van der Waals surface area contributed by atoms with Crippen LogP contribution in [0.15, 0.2) is 35.4 Å². The van der Waals surface area contributed by atoms with E-state index in [4.69, 9.17) is 10.5 Å². The van der Waals surface area contributed by atoms with Crippen molar-refractivity contribution in [1.29, 1.82) is 0 Å². The maximum absolute atomic E-state index is 10.8. The second-order valence-corrected chi connectivity index (χ2v) is 5.00. The van der Waals surface area contributed by atoms with E-state index >= 15 is 0 Å². The van der Waals surface area contributed by atoms with Crippen molar-refractivity contribution in [2.24, 2.45) is 10.8 Å². The largest absolute Gasteiger partial charge is 0.497 e. The smallest absolute Gasteiger partial charge is 0.332 e. The number of urea groups is 1. The average Bonchev–Trinajstić information content (AvgIpc) is 2.53. The van der Waals surface area contributed by atoms with E-state index in [1.165, 1.54) is 12.8 Å². The molecule has 0 saturated carbocycles. The van der Waals surface area contributed by atoms with Crippen molar-refractivity contribution in [3.63, 3.8) is 0 Å². The summed E-state index contributed by atoms with van der Waals surface area (Å²) in [5.41, 5.74) is 9.21. The number of amides is 2. The first kappa shape index (κ1) is 17.8. The molecule has 120 valence electrons. The Bertz CT molecular complexity index is 507. The Hall–Kier alpha value is -2.30. The van der Waals surface area contributed by atoms with E-state index in [9.17, 15) is 4.79 Å². The van der Waals surface area contributed by atoms with Gasteiger partial charge in [0.05, 0.1) is 12.8 Å². The summed E-state index contributed by atoms with van der Waals surface area (Å²) in [5.74, 6) is 0.820. The standard InChI is InChI=1S/C17H25N3O2/c1-3-4-5-6-7-15(19-20-17(18)21)11-8-14-9-12-16(22-2)13-10-14/h8-13H,3-7H2,1-2H3,(H3,18,20,21)/b11-8+,19-15-. The van der Waals surface area contributed by atoms with Gasteiger partial charge in [-0.25, -0.2) is 10.2 Å². The van der Waals surface area contributed by atoms with Gasteiger partial charge < -0.3 is 10.5 Å². The van der Waals surface area contributed by atoms with Crippen LogP contribution in [-0.4, -0.2) is 18.9 Å². The topological polar surface area (TPSA) is 76.7 Å². The lowest BCUT2D eigenvalue weighted by Crippen LogP contribution is -2.25. The summed E-state index contributed by atoms with van der Waals surface area (Å²) in [6, 6.07) is 7.08. The van der Waals surface area contributed by atoms with Gasteiger partial charge in [-0.05, 0) is 36.6 Å². The molecule has 1 aromatic carbocycles. The van der Waals surface area contributed by atoms with E-state index in [1.807, 2.05) is 36.4 Å². The van der Waals surface area contributed by atoms with E-state index < -0.39 is 6.03 Å². The van der Waals surface area contributed by atoms with Gasteiger partial charge in [0.15, 0.2) is 0 Å². The molecule has 22 heavy (non-hydrogen) atoms. The van der Waals surface area contributed by atoms with Crippen LogP contribution >= 0.6 is 0 Å². The van der Waals surface area contributed by atoms with Gasteiger partial charge in [0.1, 0.15) is 5.75 Å². The highest BCUT2D eigenvalue weighted by Crippen LogP contribution is 2.13. The second-order valence-electron chi connectivity index (χ2n) is 5.00. The van der Waals surface area contributed by atoms with Crippen molar-refractivity contribution in [2.45, 2.75) is 39.0 Å². The monoisotopic (exact) mass is 303 g/mol. The number of nitrogens with zero attached hydrogens (tertiary/aromatic N) is 1. The number of nitrogens with two attached hydrogens (primary N) is 1. The molecule has 0 saturated heterocycles. The molecule has 5 heteroatoms. The van der Waals surface area contributed by atoms with Crippen molar-refractivity contribution in [3.05, 3.63) is 35.9 Å². The average molecular weight is 303 g/mol. The second kappa shape index (κ2) is 10.4. The van der Waals surface area contributed by atoms with Crippen LogP contribution in [-0.2, 0) is 0 Å². The number of nitrogens with one attached hydrogen (secondary N) is 1. The van der Waals surface area contributed by atoms with Gasteiger partial charge in [-0.3, -0.25) is 0 Å². The molecule has 0 atom stereocenters. The molecule has 5 nitrogen and oxygen atoms in total. The van der Waals surface area contributed by atoms with E-state index in [1.54, 1.807) is 7.11 Å². The van der Waals surface area contributed by atoms with Crippen molar-refractivity contribution in [1.82, 2.24) is 5.43 Å². The van der Waals surface area contributed by atoms with Crippen LogP contribution in [0.1, 0.15) is 44.6 Å². The summed E-state index contributed by atoms with van der Waals surface area (Å²) < 4.78 is 5.13. The molecule has 0 aliphatic rings. The van der Waals surface area contributed by atoms with Gasteiger partial charge in [0.2, 0.25) is 0 Å². The first-order valence-electron chi connectivity index (χ1n) is 7.60. The van der Waals surface area contributed by atoms with Gasteiger partial charge in [-0.15, -0.1) is 0 Å². The Balaban J connectivity index is 2.66. The van der Waals surface area contributed by atoms with Crippen LogP contribution in [0.25, 0.3) is 6.08 Å². The molecule has 0 bridgehead atoms. The highest BCUT2D eigenvalue weighted by Gasteiger charge is 1.98. The van der Waals surface area contributed by atoms with Gasteiger partial charge in [0.25, 0.3) is 0 Å². The molecule has 0 unspecified atom stereocenters. The Kier molecular flexibility index (Phi) is 8.42. The van der Waals surface area contributed by atoms with Crippen LogP contribution in [0.5, 0.6) is 5.75 Å². The van der Waals surface area contributed by atoms with E-state index in [0.29, 0.717) is 0 Å². The summed E-state index contributed by atoms with van der Waals surface area (Å²) in [6.07, 6.45) is 9.27. The molecule has 0 aliphatic heterocycles. The number of primary amides is 1. The maximum Gasteiger partial charge on any atom is 0.332 e. The van der Waals surface area contributed by atoms with Crippen molar-refractivity contribution >= 4 is 17.8 Å². The summed E-state index contributed by atoms with van der Waals surface area (Å²) in [4.78, 5) is 10.8. The van der Waals surface area contributed by atoms with Crippen LogP contribution in [0.4, 0.5) is 4.79 Å². The lowest BCUT2D eigenvalue weighted by atomic mass is 10.1. The Morgan fingerprint density at radius 1 is 1.27 bits per heavy atom. The molecular formula is C17H25N3O2. The first-order chi connectivity index (χ1) is 10.7. The first-order valence-corrected chi connectivity index (χ1v) is 7.60. The summed E-state index contributed by atoms with van der Waals surface area (Å²) in [6.45, 7) is 2.17. The number of allylic oxidation sites excluding steroid dienone is 1. The SMILES string of the molecule is CCCCCCC(/C=C/c1ccc(OC)cc1)=N/NC(N)=O. The Morgan fingerprint density at radius 2 is 2.00 bits per heavy atom. The lowest BCUT2D eigenvalue weighted by molar-refractivity contribution is 0.249. The third-order valence-electron chi connectivity index (χ3n) is 3.18.